The van der Waals surface area contributed by atoms with Crippen LogP contribution < -0.4 is 5.32 Å². The molecular formula is C15H19NO2S. The van der Waals surface area contributed by atoms with E-state index >= 15 is 0 Å². The molecule has 1 aromatic carbocycles. The zero-order valence-electron chi connectivity index (χ0n) is 11.5. The van der Waals surface area contributed by atoms with Crippen LogP contribution in [0.3, 0.4) is 0 Å². The molecule has 4 heteroatoms. The number of ketones is 1. The van der Waals surface area contributed by atoms with Crippen LogP contribution in [0, 0.1) is 5.41 Å². The van der Waals surface area contributed by atoms with Gasteiger partial charge in [-0.3, -0.25) is 9.00 Å². The van der Waals surface area contributed by atoms with Crippen LogP contribution in [0.15, 0.2) is 40.9 Å². The Bertz CT molecular complexity index is 561. The minimum Gasteiger partial charge on any atom is -0.358 e. The van der Waals surface area contributed by atoms with E-state index in [-0.39, 0.29) is 11.2 Å². The number of anilines is 1. The minimum absolute atomic E-state index is 0.0194. The van der Waals surface area contributed by atoms with Gasteiger partial charge in [0.05, 0.1) is 21.4 Å². The summed E-state index contributed by atoms with van der Waals surface area (Å²) in [5.74, 6) is 0.147. The molecule has 0 aliphatic heterocycles. The molecule has 1 unspecified atom stereocenters. The first kappa shape index (κ1) is 14.0. The van der Waals surface area contributed by atoms with E-state index in [0.717, 1.165) is 22.7 Å². The molecule has 0 aromatic heterocycles. The summed E-state index contributed by atoms with van der Waals surface area (Å²) in [7, 11) is -1.05. The molecule has 102 valence electrons. The average molecular weight is 277 g/mol. The number of hydrogen-bond acceptors (Lipinski definition) is 3. The summed E-state index contributed by atoms with van der Waals surface area (Å²) in [5, 5.41) is 3.26. The normalized spacial score (nSPS) is 19.7. The Hall–Kier alpha value is -1.42. The maximum atomic E-state index is 11.7. The number of nitrogens with one attached hydrogen (secondary N) is 1. The van der Waals surface area contributed by atoms with Crippen molar-refractivity contribution in [1.29, 1.82) is 0 Å². The van der Waals surface area contributed by atoms with Crippen molar-refractivity contribution < 1.29 is 9.00 Å². The second kappa shape index (κ2) is 5.29. The molecule has 1 aliphatic carbocycles. The van der Waals surface area contributed by atoms with E-state index in [2.05, 4.69) is 19.2 Å². The number of rotatable bonds is 3. The van der Waals surface area contributed by atoms with E-state index in [0.29, 0.717) is 6.42 Å². The van der Waals surface area contributed by atoms with E-state index in [1.807, 2.05) is 24.3 Å². The van der Waals surface area contributed by atoms with E-state index in [4.69, 9.17) is 0 Å². The maximum Gasteiger partial charge on any atom is 0.157 e. The summed E-state index contributed by atoms with van der Waals surface area (Å²) in [5.41, 5.74) is 1.70. The van der Waals surface area contributed by atoms with Gasteiger partial charge in [-0.2, -0.15) is 0 Å². The second-order valence-corrected chi connectivity index (χ2v) is 7.08. The SMILES string of the molecule is CS(=O)c1ccccc1NC1=CC(=O)CC(C)(C)C1. The number of allylic oxidation sites excluding steroid dienone is 2. The van der Waals surface area contributed by atoms with Crippen molar-refractivity contribution >= 4 is 22.3 Å². The standard InChI is InChI=1S/C15H19NO2S/c1-15(2)9-11(8-12(17)10-15)16-13-6-4-5-7-14(13)19(3)18/h4-8,16H,9-10H2,1-3H3. The Balaban J connectivity index is 2.27. The molecule has 2 rings (SSSR count). The molecule has 0 saturated heterocycles. The van der Waals surface area contributed by atoms with Crippen molar-refractivity contribution in [2.24, 2.45) is 5.41 Å². The Labute approximate surface area is 116 Å². The maximum absolute atomic E-state index is 11.7. The number of hydrogen-bond donors (Lipinski definition) is 1. The molecule has 0 heterocycles. The zero-order chi connectivity index (χ0) is 14.0. The van der Waals surface area contributed by atoms with Crippen LogP contribution in [0.4, 0.5) is 5.69 Å². The summed E-state index contributed by atoms with van der Waals surface area (Å²) in [6, 6.07) is 7.50. The summed E-state index contributed by atoms with van der Waals surface area (Å²) >= 11 is 0. The quantitative estimate of drug-likeness (QED) is 0.923. The van der Waals surface area contributed by atoms with Crippen molar-refractivity contribution in [3.8, 4) is 0 Å². The highest BCUT2D eigenvalue weighted by molar-refractivity contribution is 7.84. The summed E-state index contributed by atoms with van der Waals surface area (Å²) in [6.45, 7) is 4.17. The predicted octanol–water partition coefficient (Wildman–Crippen LogP) is 3.11. The van der Waals surface area contributed by atoms with Crippen molar-refractivity contribution in [3.05, 3.63) is 36.0 Å². The Kier molecular flexibility index (Phi) is 3.90. The lowest BCUT2D eigenvalue weighted by Crippen LogP contribution is -2.24. The van der Waals surface area contributed by atoms with E-state index in [1.165, 1.54) is 0 Å². The highest BCUT2D eigenvalue weighted by Gasteiger charge is 2.27. The van der Waals surface area contributed by atoms with E-state index in [9.17, 15) is 9.00 Å². The zero-order valence-corrected chi connectivity index (χ0v) is 12.3. The topological polar surface area (TPSA) is 46.2 Å². The van der Waals surface area contributed by atoms with Gasteiger partial charge in [0.1, 0.15) is 0 Å². The van der Waals surface area contributed by atoms with Crippen LogP contribution in [0.1, 0.15) is 26.7 Å². The lowest BCUT2D eigenvalue weighted by atomic mass is 9.79. The summed E-state index contributed by atoms with van der Waals surface area (Å²) in [6.07, 6.45) is 4.73. The second-order valence-electron chi connectivity index (χ2n) is 5.73. The third kappa shape index (κ3) is 3.53. The van der Waals surface area contributed by atoms with Gasteiger partial charge in [-0.05, 0) is 24.0 Å². The average Bonchev–Trinajstić information content (AvgIpc) is 2.26. The van der Waals surface area contributed by atoms with Gasteiger partial charge in [0.2, 0.25) is 0 Å². The fourth-order valence-corrected chi connectivity index (χ4v) is 3.12. The van der Waals surface area contributed by atoms with Gasteiger partial charge in [0.25, 0.3) is 0 Å². The van der Waals surface area contributed by atoms with Crippen LogP contribution in [0.2, 0.25) is 0 Å². The van der Waals surface area contributed by atoms with Gasteiger partial charge in [-0.1, -0.05) is 26.0 Å². The minimum atomic E-state index is -1.05. The molecule has 0 radical (unpaired) electrons. The monoisotopic (exact) mass is 277 g/mol. The van der Waals surface area contributed by atoms with Crippen LogP contribution in [0.25, 0.3) is 0 Å². The molecule has 0 saturated carbocycles. The molecule has 0 fully saturated rings. The van der Waals surface area contributed by atoms with Crippen LogP contribution in [0.5, 0.6) is 0 Å². The molecule has 1 N–H and O–H groups in total. The molecule has 0 bridgehead atoms. The third-order valence-corrected chi connectivity index (χ3v) is 4.12. The first-order chi connectivity index (χ1) is 8.87. The predicted molar refractivity (Wildman–Crippen MR) is 78.5 cm³/mol. The smallest absolute Gasteiger partial charge is 0.157 e. The molecule has 1 atom stereocenters. The first-order valence-corrected chi connectivity index (χ1v) is 7.86. The summed E-state index contributed by atoms with van der Waals surface area (Å²) in [4.78, 5) is 12.5. The van der Waals surface area contributed by atoms with Crippen LogP contribution in [-0.4, -0.2) is 16.2 Å². The van der Waals surface area contributed by atoms with Gasteiger partial charge < -0.3 is 5.32 Å². The van der Waals surface area contributed by atoms with Gasteiger partial charge in [0, 0.05) is 24.4 Å². The van der Waals surface area contributed by atoms with E-state index < -0.39 is 10.8 Å². The number of carbonyl (C=O) groups is 1. The lowest BCUT2D eigenvalue weighted by molar-refractivity contribution is -0.117. The molecule has 1 aromatic rings. The largest absolute Gasteiger partial charge is 0.358 e. The van der Waals surface area contributed by atoms with Crippen LogP contribution >= 0.6 is 0 Å². The summed E-state index contributed by atoms with van der Waals surface area (Å²) < 4.78 is 11.7. The Morgan fingerprint density at radius 2 is 1.89 bits per heavy atom. The molecule has 3 nitrogen and oxygen atoms in total. The Morgan fingerprint density at radius 1 is 1.21 bits per heavy atom. The molecule has 0 spiro atoms. The number of benzene rings is 1. The Morgan fingerprint density at radius 3 is 2.53 bits per heavy atom. The van der Waals surface area contributed by atoms with Crippen molar-refractivity contribution in [1.82, 2.24) is 0 Å². The number of carbonyl (C=O) groups excluding carboxylic acids is 1. The van der Waals surface area contributed by atoms with Gasteiger partial charge in [-0.15, -0.1) is 0 Å². The highest BCUT2D eigenvalue weighted by atomic mass is 32.2. The highest BCUT2D eigenvalue weighted by Crippen LogP contribution is 2.34. The van der Waals surface area contributed by atoms with Gasteiger partial charge in [-0.25, -0.2) is 0 Å². The molecule has 1 aliphatic rings. The molecular weight excluding hydrogens is 258 g/mol. The third-order valence-electron chi connectivity index (χ3n) is 3.15. The first-order valence-electron chi connectivity index (χ1n) is 6.30. The van der Waals surface area contributed by atoms with Crippen molar-refractivity contribution in [3.63, 3.8) is 0 Å². The fraction of sp³-hybridized carbons (Fsp3) is 0.400. The van der Waals surface area contributed by atoms with Crippen molar-refractivity contribution in [2.45, 2.75) is 31.6 Å². The molecule has 0 amide bonds. The van der Waals surface area contributed by atoms with Crippen molar-refractivity contribution in [2.75, 3.05) is 11.6 Å². The fourth-order valence-electron chi connectivity index (χ4n) is 2.42. The van der Waals surface area contributed by atoms with E-state index in [1.54, 1.807) is 12.3 Å². The number of para-hydroxylation sites is 1. The van der Waals surface area contributed by atoms with Gasteiger partial charge in [0.15, 0.2) is 5.78 Å². The van der Waals surface area contributed by atoms with Crippen LogP contribution in [-0.2, 0) is 15.6 Å². The van der Waals surface area contributed by atoms with Gasteiger partial charge >= 0.3 is 0 Å². The molecule has 19 heavy (non-hydrogen) atoms. The lowest BCUT2D eigenvalue weighted by Gasteiger charge is -2.29.